The predicted molar refractivity (Wildman–Crippen MR) is 90.5 cm³/mol. The van der Waals surface area contributed by atoms with Gasteiger partial charge in [0.1, 0.15) is 4.21 Å². The summed E-state index contributed by atoms with van der Waals surface area (Å²) in [5.74, 6) is 0. The molecule has 23 heavy (non-hydrogen) atoms. The van der Waals surface area contributed by atoms with Gasteiger partial charge in [-0.05, 0) is 36.4 Å². The molecule has 2 heterocycles. The van der Waals surface area contributed by atoms with E-state index in [2.05, 4.69) is 0 Å². The van der Waals surface area contributed by atoms with Crippen LogP contribution < -0.4 is 0 Å². The standard InChI is InChI=1S/C13H11Cl2NO4S3/c14-9-1-3-10(4-2-9)22(17,18)11-7-16(8-11)23(19,20)13-6-5-12(15)21-13/h1-6,11H,7-8H2. The normalized spacial score (nSPS) is 17.1. The average Bonchev–Trinajstić information content (AvgIpc) is 2.84. The van der Waals surface area contributed by atoms with Gasteiger partial charge in [0.05, 0.1) is 14.5 Å². The molecule has 1 aromatic heterocycles. The maximum atomic E-state index is 12.5. The van der Waals surface area contributed by atoms with Crippen molar-refractivity contribution in [3.05, 3.63) is 45.8 Å². The van der Waals surface area contributed by atoms with Crippen molar-refractivity contribution in [3.63, 3.8) is 0 Å². The third-order valence-electron chi connectivity index (χ3n) is 3.54. The summed E-state index contributed by atoms with van der Waals surface area (Å²) >= 11 is 12.5. The number of sulfone groups is 1. The van der Waals surface area contributed by atoms with E-state index in [1.165, 1.54) is 36.4 Å². The van der Waals surface area contributed by atoms with Crippen molar-refractivity contribution in [1.29, 1.82) is 0 Å². The van der Waals surface area contributed by atoms with Gasteiger partial charge in [-0.25, -0.2) is 16.8 Å². The predicted octanol–water partition coefficient (Wildman–Crippen LogP) is 2.90. The van der Waals surface area contributed by atoms with Crippen molar-refractivity contribution in [2.45, 2.75) is 14.4 Å². The first-order chi connectivity index (χ1) is 10.7. The van der Waals surface area contributed by atoms with Crippen molar-refractivity contribution < 1.29 is 16.8 Å². The highest BCUT2D eigenvalue weighted by Crippen LogP contribution is 2.33. The van der Waals surface area contributed by atoms with Gasteiger partial charge in [0.25, 0.3) is 10.0 Å². The highest BCUT2D eigenvalue weighted by atomic mass is 35.5. The second-order valence-electron chi connectivity index (χ2n) is 5.00. The van der Waals surface area contributed by atoms with Crippen molar-refractivity contribution >= 4 is 54.4 Å². The van der Waals surface area contributed by atoms with E-state index < -0.39 is 25.1 Å². The molecule has 0 saturated carbocycles. The lowest BCUT2D eigenvalue weighted by Gasteiger charge is -2.37. The van der Waals surface area contributed by atoms with E-state index in [0.29, 0.717) is 9.36 Å². The van der Waals surface area contributed by atoms with Crippen LogP contribution in [0.25, 0.3) is 0 Å². The second kappa shape index (κ2) is 6.02. The molecule has 3 rings (SSSR count). The Morgan fingerprint density at radius 2 is 1.57 bits per heavy atom. The van der Waals surface area contributed by atoms with E-state index >= 15 is 0 Å². The lowest BCUT2D eigenvalue weighted by molar-refractivity contribution is 0.310. The molecule has 0 aliphatic carbocycles. The zero-order valence-electron chi connectivity index (χ0n) is 11.5. The fraction of sp³-hybridized carbons (Fsp3) is 0.231. The van der Waals surface area contributed by atoms with Gasteiger partial charge in [0.15, 0.2) is 9.84 Å². The van der Waals surface area contributed by atoms with Crippen molar-refractivity contribution in [1.82, 2.24) is 4.31 Å². The largest absolute Gasteiger partial charge is 0.252 e. The second-order valence-corrected chi connectivity index (χ2v) is 11.5. The number of sulfonamides is 1. The summed E-state index contributed by atoms with van der Waals surface area (Å²) in [6.07, 6.45) is 0. The Labute approximate surface area is 148 Å². The van der Waals surface area contributed by atoms with E-state index in [1.807, 2.05) is 0 Å². The first-order valence-corrected chi connectivity index (χ1v) is 11.0. The molecule has 2 aromatic rings. The monoisotopic (exact) mass is 411 g/mol. The molecule has 5 nitrogen and oxygen atoms in total. The smallest absolute Gasteiger partial charge is 0.223 e. The summed E-state index contributed by atoms with van der Waals surface area (Å²) in [5, 5.41) is -0.315. The molecule has 0 radical (unpaired) electrons. The van der Waals surface area contributed by atoms with E-state index in [0.717, 1.165) is 15.6 Å². The van der Waals surface area contributed by atoms with Gasteiger partial charge in [0, 0.05) is 18.1 Å². The van der Waals surface area contributed by atoms with Gasteiger partial charge in [-0.3, -0.25) is 0 Å². The fourth-order valence-corrected chi connectivity index (χ4v) is 7.31. The fourth-order valence-electron chi connectivity index (χ4n) is 2.17. The number of benzene rings is 1. The van der Waals surface area contributed by atoms with Crippen LogP contribution in [0.1, 0.15) is 0 Å². The number of nitrogens with zero attached hydrogens (tertiary/aromatic N) is 1. The Kier molecular flexibility index (Phi) is 4.50. The molecule has 124 valence electrons. The average molecular weight is 412 g/mol. The Hall–Kier alpha value is -0.640. The molecule has 1 aliphatic rings. The molecule has 0 bridgehead atoms. The number of hydrogen-bond acceptors (Lipinski definition) is 5. The maximum Gasteiger partial charge on any atom is 0.252 e. The third kappa shape index (κ3) is 3.16. The van der Waals surface area contributed by atoms with Crippen LogP contribution in [0.2, 0.25) is 9.36 Å². The lowest BCUT2D eigenvalue weighted by Crippen LogP contribution is -2.56. The van der Waals surface area contributed by atoms with Crippen LogP contribution in [0.4, 0.5) is 0 Å². The Morgan fingerprint density at radius 3 is 2.09 bits per heavy atom. The van der Waals surface area contributed by atoms with Crippen LogP contribution in [0.5, 0.6) is 0 Å². The lowest BCUT2D eigenvalue weighted by atomic mass is 10.3. The number of thiophene rings is 1. The zero-order chi connectivity index (χ0) is 16.8. The van der Waals surface area contributed by atoms with Gasteiger partial charge in [-0.15, -0.1) is 11.3 Å². The Bertz CT molecular complexity index is 930. The highest BCUT2D eigenvalue weighted by molar-refractivity contribution is 7.93. The maximum absolute atomic E-state index is 12.5. The zero-order valence-corrected chi connectivity index (χ0v) is 15.5. The van der Waals surface area contributed by atoms with Crippen molar-refractivity contribution in [2.75, 3.05) is 13.1 Å². The summed E-state index contributed by atoms with van der Waals surface area (Å²) in [6.45, 7) is -0.133. The summed E-state index contributed by atoms with van der Waals surface area (Å²) in [5.41, 5.74) is 0. The van der Waals surface area contributed by atoms with Crippen LogP contribution in [-0.4, -0.2) is 39.5 Å². The SMILES string of the molecule is O=S(=O)(c1ccc(Cl)cc1)C1CN(S(=O)(=O)c2ccc(Cl)s2)C1. The van der Waals surface area contributed by atoms with Crippen LogP contribution in [0.15, 0.2) is 45.5 Å². The molecule has 0 spiro atoms. The molecule has 0 N–H and O–H groups in total. The molecule has 0 unspecified atom stereocenters. The molecular weight excluding hydrogens is 401 g/mol. The molecule has 1 aliphatic heterocycles. The van der Waals surface area contributed by atoms with Gasteiger partial charge in [-0.2, -0.15) is 4.31 Å². The molecule has 1 saturated heterocycles. The van der Waals surface area contributed by atoms with E-state index in [-0.39, 0.29) is 22.2 Å². The van der Waals surface area contributed by atoms with Gasteiger partial charge in [0.2, 0.25) is 0 Å². The molecule has 10 heteroatoms. The Balaban J connectivity index is 1.77. The van der Waals surface area contributed by atoms with Gasteiger partial charge >= 0.3 is 0 Å². The number of rotatable bonds is 4. The van der Waals surface area contributed by atoms with Crippen LogP contribution in [0, 0.1) is 0 Å². The molecule has 0 amide bonds. The summed E-state index contributed by atoms with van der Waals surface area (Å²) in [6, 6.07) is 8.76. The summed E-state index contributed by atoms with van der Waals surface area (Å²) in [7, 11) is -7.26. The Morgan fingerprint density at radius 1 is 0.957 bits per heavy atom. The third-order valence-corrected chi connectivity index (χ3v) is 9.43. The molecule has 1 aromatic carbocycles. The molecular formula is C13H11Cl2NO4S3. The first-order valence-electron chi connectivity index (χ1n) is 6.46. The minimum atomic E-state index is -3.68. The van der Waals surface area contributed by atoms with Gasteiger partial charge < -0.3 is 0 Å². The minimum absolute atomic E-state index is 0.0667. The first kappa shape index (κ1) is 17.2. The quantitative estimate of drug-likeness (QED) is 0.774. The van der Waals surface area contributed by atoms with Crippen LogP contribution >= 0.6 is 34.5 Å². The van der Waals surface area contributed by atoms with E-state index in [9.17, 15) is 16.8 Å². The molecule has 1 fully saturated rings. The van der Waals surface area contributed by atoms with Crippen molar-refractivity contribution in [2.24, 2.45) is 0 Å². The molecule has 0 atom stereocenters. The minimum Gasteiger partial charge on any atom is -0.223 e. The highest BCUT2D eigenvalue weighted by Gasteiger charge is 2.44. The number of hydrogen-bond donors (Lipinski definition) is 0. The summed E-state index contributed by atoms with van der Waals surface area (Å²) < 4.78 is 51.2. The topological polar surface area (TPSA) is 71.5 Å². The summed E-state index contributed by atoms with van der Waals surface area (Å²) in [4.78, 5) is 0.142. The van der Waals surface area contributed by atoms with Crippen molar-refractivity contribution in [3.8, 4) is 0 Å². The van der Waals surface area contributed by atoms with E-state index in [4.69, 9.17) is 23.2 Å². The number of halogens is 2. The van der Waals surface area contributed by atoms with Gasteiger partial charge in [-0.1, -0.05) is 23.2 Å². The van der Waals surface area contributed by atoms with Crippen LogP contribution in [0.3, 0.4) is 0 Å². The van der Waals surface area contributed by atoms with E-state index in [1.54, 1.807) is 0 Å². The van der Waals surface area contributed by atoms with Crippen LogP contribution in [-0.2, 0) is 19.9 Å².